The molecule has 23 heavy (non-hydrogen) atoms. The first-order chi connectivity index (χ1) is 11.2. The standard InChI is InChI=1S/C19H23NO3/c1-22-17-5-3-4-15(10-17)19(21)13-20-9-8-14-6-7-18(23-2)11-16(14)12-20/h3-7,10-11,19,21H,8-9,12-13H2,1-2H3. The Kier molecular flexibility index (Phi) is 4.84. The van der Waals surface area contributed by atoms with Crippen LogP contribution in [-0.2, 0) is 13.0 Å². The molecule has 2 aromatic rings. The molecule has 0 spiro atoms. The second kappa shape index (κ2) is 7.02. The van der Waals surface area contributed by atoms with E-state index < -0.39 is 6.10 Å². The lowest BCUT2D eigenvalue weighted by molar-refractivity contribution is 0.106. The third-order valence-corrected chi connectivity index (χ3v) is 4.41. The summed E-state index contributed by atoms with van der Waals surface area (Å²) in [5.41, 5.74) is 3.55. The van der Waals surface area contributed by atoms with Crippen molar-refractivity contribution in [1.29, 1.82) is 0 Å². The zero-order valence-corrected chi connectivity index (χ0v) is 13.7. The number of methoxy groups -OCH3 is 2. The normalized spacial score (nSPS) is 15.8. The van der Waals surface area contributed by atoms with Crippen LogP contribution >= 0.6 is 0 Å². The Morgan fingerprint density at radius 3 is 2.61 bits per heavy atom. The van der Waals surface area contributed by atoms with E-state index in [2.05, 4.69) is 17.0 Å². The summed E-state index contributed by atoms with van der Waals surface area (Å²) in [5, 5.41) is 10.5. The molecule has 4 nitrogen and oxygen atoms in total. The highest BCUT2D eigenvalue weighted by Crippen LogP contribution is 2.26. The monoisotopic (exact) mass is 313 g/mol. The number of aliphatic hydroxyl groups is 1. The number of fused-ring (bicyclic) bond motifs is 1. The predicted molar refractivity (Wildman–Crippen MR) is 89.9 cm³/mol. The summed E-state index contributed by atoms with van der Waals surface area (Å²) in [6.45, 7) is 2.41. The molecule has 1 aliphatic rings. The van der Waals surface area contributed by atoms with Crippen LogP contribution in [0.5, 0.6) is 11.5 Å². The third-order valence-electron chi connectivity index (χ3n) is 4.41. The molecule has 0 aromatic heterocycles. The maximum absolute atomic E-state index is 10.5. The number of benzene rings is 2. The van der Waals surface area contributed by atoms with Crippen molar-refractivity contribution in [2.45, 2.75) is 19.1 Å². The van der Waals surface area contributed by atoms with Crippen LogP contribution in [0.1, 0.15) is 22.8 Å². The Balaban J connectivity index is 1.68. The maximum Gasteiger partial charge on any atom is 0.119 e. The van der Waals surface area contributed by atoms with E-state index >= 15 is 0 Å². The minimum atomic E-state index is -0.516. The van der Waals surface area contributed by atoms with E-state index in [-0.39, 0.29) is 0 Å². The van der Waals surface area contributed by atoms with E-state index in [1.807, 2.05) is 30.3 Å². The molecule has 1 atom stereocenters. The van der Waals surface area contributed by atoms with Crippen molar-refractivity contribution in [3.63, 3.8) is 0 Å². The largest absolute Gasteiger partial charge is 0.497 e. The quantitative estimate of drug-likeness (QED) is 0.922. The molecule has 0 saturated heterocycles. The van der Waals surface area contributed by atoms with E-state index in [4.69, 9.17) is 9.47 Å². The summed E-state index contributed by atoms with van der Waals surface area (Å²) in [7, 11) is 3.33. The van der Waals surface area contributed by atoms with Gasteiger partial charge in [0.2, 0.25) is 0 Å². The molecule has 1 aliphatic heterocycles. The van der Waals surface area contributed by atoms with Gasteiger partial charge in [-0.3, -0.25) is 4.90 Å². The summed E-state index contributed by atoms with van der Waals surface area (Å²) >= 11 is 0. The molecule has 122 valence electrons. The molecule has 0 amide bonds. The van der Waals surface area contributed by atoms with Crippen molar-refractivity contribution in [2.24, 2.45) is 0 Å². The van der Waals surface area contributed by atoms with Gasteiger partial charge in [0.05, 0.1) is 20.3 Å². The van der Waals surface area contributed by atoms with Gasteiger partial charge in [0.1, 0.15) is 11.5 Å². The van der Waals surface area contributed by atoms with Crippen molar-refractivity contribution >= 4 is 0 Å². The number of nitrogens with zero attached hydrogens (tertiary/aromatic N) is 1. The average molecular weight is 313 g/mol. The molecule has 2 aromatic carbocycles. The fraction of sp³-hybridized carbons (Fsp3) is 0.368. The first-order valence-corrected chi connectivity index (χ1v) is 7.90. The van der Waals surface area contributed by atoms with E-state index in [9.17, 15) is 5.11 Å². The van der Waals surface area contributed by atoms with Crippen molar-refractivity contribution < 1.29 is 14.6 Å². The lowest BCUT2D eigenvalue weighted by Crippen LogP contribution is -2.34. The molecular formula is C19H23NO3. The van der Waals surface area contributed by atoms with Gasteiger partial charge in [0.15, 0.2) is 0 Å². The van der Waals surface area contributed by atoms with Gasteiger partial charge in [0, 0.05) is 19.6 Å². The average Bonchev–Trinajstić information content (AvgIpc) is 2.61. The molecule has 4 heteroatoms. The van der Waals surface area contributed by atoms with Crippen molar-refractivity contribution in [1.82, 2.24) is 4.90 Å². The second-order valence-corrected chi connectivity index (χ2v) is 5.91. The molecule has 0 saturated carbocycles. The molecule has 0 aliphatic carbocycles. The Bertz CT molecular complexity index is 671. The molecule has 0 fully saturated rings. The fourth-order valence-corrected chi connectivity index (χ4v) is 3.07. The number of hydrogen-bond acceptors (Lipinski definition) is 4. The number of ether oxygens (including phenoxy) is 2. The summed E-state index contributed by atoms with van der Waals surface area (Å²) in [6.07, 6.45) is 0.488. The second-order valence-electron chi connectivity index (χ2n) is 5.91. The Hall–Kier alpha value is -2.04. The minimum Gasteiger partial charge on any atom is -0.497 e. The van der Waals surface area contributed by atoms with Crippen LogP contribution in [0.4, 0.5) is 0 Å². The lowest BCUT2D eigenvalue weighted by Gasteiger charge is -2.30. The summed E-state index contributed by atoms with van der Waals surface area (Å²) < 4.78 is 10.5. The third kappa shape index (κ3) is 3.66. The highest BCUT2D eigenvalue weighted by molar-refractivity contribution is 5.37. The zero-order chi connectivity index (χ0) is 16.2. The fourth-order valence-electron chi connectivity index (χ4n) is 3.07. The van der Waals surface area contributed by atoms with E-state index in [0.717, 1.165) is 36.6 Å². The van der Waals surface area contributed by atoms with Crippen LogP contribution in [0.3, 0.4) is 0 Å². The van der Waals surface area contributed by atoms with Gasteiger partial charge < -0.3 is 14.6 Å². The lowest BCUT2D eigenvalue weighted by atomic mass is 9.98. The van der Waals surface area contributed by atoms with Crippen LogP contribution in [-0.4, -0.2) is 37.3 Å². The summed E-state index contributed by atoms with van der Waals surface area (Å²) in [6, 6.07) is 13.9. The minimum absolute atomic E-state index is 0.516. The van der Waals surface area contributed by atoms with Crippen LogP contribution in [0.25, 0.3) is 0 Å². The topological polar surface area (TPSA) is 41.9 Å². The molecule has 1 N–H and O–H groups in total. The maximum atomic E-state index is 10.5. The van der Waals surface area contributed by atoms with Gasteiger partial charge in [-0.2, -0.15) is 0 Å². The molecule has 1 heterocycles. The van der Waals surface area contributed by atoms with Crippen molar-refractivity contribution in [2.75, 3.05) is 27.3 Å². The van der Waals surface area contributed by atoms with Crippen molar-refractivity contribution in [3.05, 3.63) is 59.2 Å². The molecule has 1 unspecified atom stereocenters. The summed E-state index contributed by atoms with van der Waals surface area (Å²) in [4.78, 5) is 2.28. The summed E-state index contributed by atoms with van der Waals surface area (Å²) in [5.74, 6) is 1.66. The number of β-amino-alcohol motifs (C(OH)–C–C–N with tert-alkyl or cyclic N) is 1. The first-order valence-electron chi connectivity index (χ1n) is 7.90. The Morgan fingerprint density at radius 1 is 1.04 bits per heavy atom. The van der Waals surface area contributed by atoms with Crippen LogP contribution in [0.2, 0.25) is 0 Å². The molecule has 3 rings (SSSR count). The number of rotatable bonds is 5. The number of hydrogen-bond donors (Lipinski definition) is 1. The van der Waals surface area contributed by atoms with E-state index in [0.29, 0.717) is 6.54 Å². The Morgan fingerprint density at radius 2 is 1.83 bits per heavy atom. The SMILES string of the molecule is COc1cccc(C(O)CN2CCc3ccc(OC)cc3C2)c1. The predicted octanol–water partition coefficient (Wildman–Crippen LogP) is 2.80. The first kappa shape index (κ1) is 15.8. The van der Waals surface area contributed by atoms with E-state index in [1.54, 1.807) is 14.2 Å². The molecule has 0 radical (unpaired) electrons. The van der Waals surface area contributed by atoms with Gasteiger partial charge in [-0.1, -0.05) is 18.2 Å². The molecular weight excluding hydrogens is 290 g/mol. The van der Waals surface area contributed by atoms with Crippen LogP contribution < -0.4 is 9.47 Å². The van der Waals surface area contributed by atoms with Gasteiger partial charge in [0.25, 0.3) is 0 Å². The Labute approximate surface area is 137 Å². The van der Waals surface area contributed by atoms with Crippen molar-refractivity contribution in [3.8, 4) is 11.5 Å². The van der Waals surface area contributed by atoms with Crippen LogP contribution in [0.15, 0.2) is 42.5 Å². The zero-order valence-electron chi connectivity index (χ0n) is 13.7. The van der Waals surface area contributed by atoms with Gasteiger partial charge in [-0.05, 0) is 47.4 Å². The van der Waals surface area contributed by atoms with E-state index in [1.165, 1.54) is 11.1 Å². The smallest absolute Gasteiger partial charge is 0.119 e. The molecule has 0 bridgehead atoms. The van der Waals surface area contributed by atoms with Gasteiger partial charge >= 0.3 is 0 Å². The number of aliphatic hydroxyl groups excluding tert-OH is 1. The van der Waals surface area contributed by atoms with Crippen LogP contribution in [0, 0.1) is 0 Å². The highest BCUT2D eigenvalue weighted by atomic mass is 16.5. The van der Waals surface area contributed by atoms with Gasteiger partial charge in [-0.15, -0.1) is 0 Å². The van der Waals surface area contributed by atoms with Gasteiger partial charge in [-0.25, -0.2) is 0 Å². The highest BCUT2D eigenvalue weighted by Gasteiger charge is 2.20.